The Balaban J connectivity index is 2.83. The maximum Gasteiger partial charge on any atom is 0.252 e. The van der Waals surface area contributed by atoms with E-state index in [2.05, 4.69) is 17.2 Å². The van der Waals surface area contributed by atoms with E-state index in [-0.39, 0.29) is 18.3 Å². The lowest BCUT2D eigenvalue weighted by atomic mass is 10.1. The molecule has 108 valence electrons. The fourth-order valence-corrected chi connectivity index (χ4v) is 1.62. The Morgan fingerprint density at radius 1 is 1.55 bits per heavy atom. The van der Waals surface area contributed by atoms with E-state index < -0.39 is 11.7 Å². The van der Waals surface area contributed by atoms with Gasteiger partial charge in [0.15, 0.2) is 0 Å². The van der Waals surface area contributed by atoms with Gasteiger partial charge >= 0.3 is 0 Å². The molecule has 0 aliphatic carbocycles. The lowest BCUT2D eigenvalue weighted by Crippen LogP contribution is -2.32. The molecule has 1 aromatic rings. The number of carbonyl (C=O) groups excluding carboxylic acids is 1. The van der Waals surface area contributed by atoms with Gasteiger partial charge in [-0.15, -0.1) is 0 Å². The molecule has 20 heavy (non-hydrogen) atoms. The second-order valence-electron chi connectivity index (χ2n) is 4.13. The minimum Gasteiger partial charge on any atom is -0.384 e. The van der Waals surface area contributed by atoms with Crippen molar-refractivity contribution in [1.82, 2.24) is 5.32 Å². The van der Waals surface area contributed by atoms with Crippen molar-refractivity contribution in [1.29, 1.82) is 0 Å². The van der Waals surface area contributed by atoms with Gasteiger partial charge in [-0.3, -0.25) is 4.79 Å². The van der Waals surface area contributed by atoms with Crippen LogP contribution in [-0.2, 0) is 4.74 Å². The number of carbonyl (C=O) groups is 1. The van der Waals surface area contributed by atoms with Gasteiger partial charge in [0.25, 0.3) is 5.91 Å². The Hall–Kier alpha value is -1.90. The van der Waals surface area contributed by atoms with Gasteiger partial charge in [0.05, 0.1) is 11.7 Å². The first kappa shape index (κ1) is 16.2. The summed E-state index contributed by atoms with van der Waals surface area (Å²) in [5.74, 6) is 4.14. The highest BCUT2D eigenvalue weighted by Crippen LogP contribution is 2.10. The minimum atomic E-state index is -0.512. The van der Waals surface area contributed by atoms with Crippen LogP contribution in [0.25, 0.3) is 0 Å². The molecule has 0 saturated heterocycles. The zero-order chi connectivity index (χ0) is 15.0. The van der Waals surface area contributed by atoms with E-state index in [1.165, 1.54) is 12.1 Å². The van der Waals surface area contributed by atoms with Gasteiger partial charge in [-0.25, -0.2) is 4.39 Å². The molecule has 1 amide bonds. The summed E-state index contributed by atoms with van der Waals surface area (Å²) in [6.45, 7) is 4.27. The summed E-state index contributed by atoms with van der Waals surface area (Å²) < 4.78 is 18.5. The molecule has 0 heterocycles. The van der Waals surface area contributed by atoms with Gasteiger partial charge in [0.2, 0.25) is 0 Å². The standard InChI is InChI=1S/C15H18FNO3/c1-3-20-11(2)10-17-15(19)14-9-13(16)7-6-12(14)5-4-8-18/h6-7,9,11,18H,3,8,10H2,1-2H3,(H,17,19). The Bertz CT molecular complexity index is 520. The number of nitrogens with one attached hydrogen (secondary N) is 1. The van der Waals surface area contributed by atoms with Crippen LogP contribution < -0.4 is 5.32 Å². The molecule has 0 bridgehead atoms. The van der Waals surface area contributed by atoms with E-state index in [1.807, 2.05) is 13.8 Å². The van der Waals surface area contributed by atoms with Gasteiger partial charge in [-0.2, -0.15) is 0 Å². The first-order valence-corrected chi connectivity index (χ1v) is 6.37. The van der Waals surface area contributed by atoms with Gasteiger partial charge in [0, 0.05) is 18.7 Å². The summed E-state index contributed by atoms with van der Waals surface area (Å²) in [5.41, 5.74) is 0.525. The molecule has 0 aromatic heterocycles. The number of hydrogen-bond acceptors (Lipinski definition) is 3. The fourth-order valence-electron chi connectivity index (χ4n) is 1.62. The van der Waals surface area contributed by atoms with Gasteiger partial charge in [0.1, 0.15) is 12.4 Å². The van der Waals surface area contributed by atoms with Gasteiger partial charge in [-0.05, 0) is 32.0 Å². The SMILES string of the molecule is CCOC(C)CNC(=O)c1cc(F)ccc1C#CCO. The number of rotatable bonds is 5. The number of aliphatic hydroxyl groups excluding tert-OH is 1. The van der Waals surface area contributed by atoms with Crippen LogP contribution in [0.1, 0.15) is 29.8 Å². The molecule has 1 aromatic carbocycles. The van der Waals surface area contributed by atoms with E-state index in [0.717, 1.165) is 6.07 Å². The lowest BCUT2D eigenvalue weighted by molar-refractivity contribution is 0.0695. The van der Waals surface area contributed by atoms with Crippen molar-refractivity contribution in [3.05, 3.63) is 35.1 Å². The zero-order valence-electron chi connectivity index (χ0n) is 11.6. The number of aliphatic hydroxyl groups is 1. The average molecular weight is 279 g/mol. The molecule has 0 radical (unpaired) electrons. The van der Waals surface area contributed by atoms with Crippen molar-refractivity contribution in [2.24, 2.45) is 0 Å². The largest absolute Gasteiger partial charge is 0.384 e. The Kier molecular flexibility index (Phi) is 6.71. The van der Waals surface area contributed by atoms with E-state index in [0.29, 0.717) is 18.7 Å². The van der Waals surface area contributed by atoms with Gasteiger partial charge in [-0.1, -0.05) is 11.8 Å². The number of hydrogen-bond donors (Lipinski definition) is 2. The van der Waals surface area contributed by atoms with Crippen LogP contribution in [-0.4, -0.2) is 36.9 Å². The Morgan fingerprint density at radius 3 is 2.95 bits per heavy atom. The van der Waals surface area contributed by atoms with Crippen LogP contribution in [0.15, 0.2) is 18.2 Å². The summed E-state index contributed by atoms with van der Waals surface area (Å²) in [6, 6.07) is 3.77. The number of halogens is 1. The second kappa shape index (κ2) is 8.31. The van der Waals surface area contributed by atoms with E-state index in [1.54, 1.807) is 0 Å². The van der Waals surface area contributed by atoms with Crippen LogP contribution in [0, 0.1) is 17.7 Å². The quantitative estimate of drug-likeness (QED) is 0.799. The first-order valence-electron chi connectivity index (χ1n) is 6.37. The highest BCUT2D eigenvalue weighted by Gasteiger charge is 2.12. The van der Waals surface area contributed by atoms with Crippen molar-refractivity contribution in [2.45, 2.75) is 20.0 Å². The predicted molar refractivity (Wildman–Crippen MR) is 73.8 cm³/mol. The van der Waals surface area contributed by atoms with Crippen LogP contribution in [0.2, 0.25) is 0 Å². The van der Waals surface area contributed by atoms with Crippen LogP contribution in [0.3, 0.4) is 0 Å². The summed E-state index contributed by atoms with van der Waals surface area (Å²) >= 11 is 0. The summed E-state index contributed by atoms with van der Waals surface area (Å²) in [4.78, 5) is 12.0. The smallest absolute Gasteiger partial charge is 0.252 e. The number of ether oxygens (including phenoxy) is 1. The summed E-state index contributed by atoms with van der Waals surface area (Å²) in [5, 5.41) is 11.3. The van der Waals surface area contributed by atoms with Gasteiger partial charge < -0.3 is 15.2 Å². The second-order valence-corrected chi connectivity index (χ2v) is 4.13. The third-order valence-electron chi connectivity index (χ3n) is 2.53. The first-order chi connectivity index (χ1) is 9.58. The van der Waals surface area contributed by atoms with Crippen molar-refractivity contribution < 1.29 is 19.0 Å². The van der Waals surface area contributed by atoms with Crippen LogP contribution in [0.5, 0.6) is 0 Å². The molecule has 0 fully saturated rings. The molecule has 4 nitrogen and oxygen atoms in total. The minimum absolute atomic E-state index is 0.121. The van der Waals surface area contributed by atoms with E-state index in [9.17, 15) is 9.18 Å². The monoisotopic (exact) mass is 279 g/mol. The predicted octanol–water partition coefficient (Wildman–Crippen LogP) is 1.32. The molecule has 1 atom stereocenters. The van der Waals surface area contributed by atoms with Crippen molar-refractivity contribution in [3.63, 3.8) is 0 Å². The molecule has 0 aliphatic heterocycles. The van der Waals surface area contributed by atoms with Crippen molar-refractivity contribution in [3.8, 4) is 11.8 Å². The van der Waals surface area contributed by atoms with E-state index in [4.69, 9.17) is 9.84 Å². The van der Waals surface area contributed by atoms with Crippen molar-refractivity contribution in [2.75, 3.05) is 19.8 Å². The molecular formula is C15H18FNO3. The third-order valence-corrected chi connectivity index (χ3v) is 2.53. The number of amides is 1. The number of benzene rings is 1. The third kappa shape index (κ3) is 5.00. The Morgan fingerprint density at radius 2 is 2.30 bits per heavy atom. The maximum atomic E-state index is 13.2. The molecule has 0 aliphatic rings. The average Bonchev–Trinajstić information content (AvgIpc) is 2.43. The maximum absolute atomic E-state index is 13.2. The molecular weight excluding hydrogens is 261 g/mol. The van der Waals surface area contributed by atoms with Crippen molar-refractivity contribution >= 4 is 5.91 Å². The van der Waals surface area contributed by atoms with Crippen LogP contribution >= 0.6 is 0 Å². The Labute approximate surface area is 117 Å². The van der Waals surface area contributed by atoms with E-state index >= 15 is 0 Å². The molecule has 5 heteroatoms. The normalized spacial score (nSPS) is 11.4. The topological polar surface area (TPSA) is 58.6 Å². The highest BCUT2D eigenvalue weighted by molar-refractivity contribution is 5.96. The van der Waals surface area contributed by atoms with Crippen LogP contribution in [0.4, 0.5) is 4.39 Å². The summed E-state index contributed by atoms with van der Waals surface area (Å²) in [7, 11) is 0. The highest BCUT2D eigenvalue weighted by atomic mass is 19.1. The fraction of sp³-hybridized carbons (Fsp3) is 0.400. The zero-order valence-corrected chi connectivity index (χ0v) is 11.6. The molecule has 1 unspecified atom stereocenters. The molecule has 2 N–H and O–H groups in total. The lowest BCUT2D eigenvalue weighted by Gasteiger charge is -2.13. The molecule has 1 rings (SSSR count). The summed E-state index contributed by atoms with van der Waals surface area (Å²) in [6.07, 6.45) is -0.121. The molecule has 0 saturated carbocycles. The molecule has 0 spiro atoms.